The highest BCUT2D eigenvalue weighted by Gasteiger charge is 2.22. The van der Waals surface area contributed by atoms with Crippen molar-refractivity contribution in [3.05, 3.63) is 54.2 Å². The van der Waals surface area contributed by atoms with Gasteiger partial charge in [0.25, 0.3) is 5.91 Å². The molecule has 0 saturated carbocycles. The zero-order valence-corrected chi connectivity index (χ0v) is 16.0. The number of carbonyl (C=O) groups is 1. The Morgan fingerprint density at radius 2 is 2.07 bits per heavy atom. The maximum atomic E-state index is 13.3. The number of fused-ring (bicyclic) bond motifs is 1. The first-order valence-electron chi connectivity index (χ1n) is 10.3. The van der Waals surface area contributed by atoms with Crippen molar-refractivity contribution in [1.29, 1.82) is 0 Å². The van der Waals surface area contributed by atoms with Gasteiger partial charge in [0.05, 0.1) is 5.52 Å². The van der Waals surface area contributed by atoms with Gasteiger partial charge < -0.3 is 9.80 Å². The summed E-state index contributed by atoms with van der Waals surface area (Å²) in [5, 5.41) is 1.03. The molecule has 2 aliphatic rings. The van der Waals surface area contributed by atoms with Crippen molar-refractivity contribution in [3.63, 3.8) is 0 Å². The SMILES string of the molecule is O=C(c1ccc2ncccc2c1)N(CCN1CCCC1)CC1CC=CCC1. The summed E-state index contributed by atoms with van der Waals surface area (Å²) in [6, 6.07) is 9.84. The van der Waals surface area contributed by atoms with E-state index in [0.29, 0.717) is 5.92 Å². The van der Waals surface area contributed by atoms with Crippen LogP contribution in [0.2, 0.25) is 0 Å². The molecular weight excluding hydrogens is 334 g/mol. The molecule has 1 atom stereocenters. The summed E-state index contributed by atoms with van der Waals surface area (Å²) < 4.78 is 0. The van der Waals surface area contributed by atoms with Gasteiger partial charge in [0, 0.05) is 36.8 Å². The first-order valence-corrected chi connectivity index (χ1v) is 10.3. The van der Waals surface area contributed by atoms with Gasteiger partial charge in [0.2, 0.25) is 0 Å². The summed E-state index contributed by atoms with van der Waals surface area (Å²) in [5.74, 6) is 0.745. The van der Waals surface area contributed by atoms with Crippen LogP contribution in [-0.2, 0) is 0 Å². The Labute approximate surface area is 161 Å². The molecule has 0 bridgehead atoms. The Balaban J connectivity index is 1.50. The largest absolute Gasteiger partial charge is 0.337 e. The molecule has 1 aliphatic heterocycles. The Bertz CT molecular complexity index is 810. The average Bonchev–Trinajstić information content (AvgIpc) is 3.24. The molecule has 4 rings (SSSR count). The minimum Gasteiger partial charge on any atom is -0.337 e. The molecule has 4 heteroatoms. The van der Waals surface area contributed by atoms with Gasteiger partial charge in [-0.2, -0.15) is 0 Å². The molecule has 2 heterocycles. The molecule has 0 spiro atoms. The first-order chi connectivity index (χ1) is 13.3. The molecule has 1 fully saturated rings. The fourth-order valence-electron chi connectivity index (χ4n) is 4.27. The molecule has 142 valence electrons. The van der Waals surface area contributed by atoms with E-state index in [4.69, 9.17) is 0 Å². The van der Waals surface area contributed by atoms with Gasteiger partial charge >= 0.3 is 0 Å². The number of benzene rings is 1. The van der Waals surface area contributed by atoms with E-state index in [1.807, 2.05) is 30.3 Å². The normalized spacial score (nSPS) is 20.2. The lowest BCUT2D eigenvalue weighted by molar-refractivity contribution is 0.0707. The van der Waals surface area contributed by atoms with Crippen LogP contribution < -0.4 is 0 Å². The Morgan fingerprint density at radius 1 is 1.19 bits per heavy atom. The zero-order valence-electron chi connectivity index (χ0n) is 16.0. The summed E-state index contributed by atoms with van der Waals surface area (Å²) in [5.41, 5.74) is 1.72. The zero-order chi connectivity index (χ0) is 18.5. The number of amides is 1. The molecule has 1 unspecified atom stereocenters. The fraction of sp³-hybridized carbons (Fsp3) is 0.478. The van der Waals surface area contributed by atoms with E-state index in [2.05, 4.69) is 26.9 Å². The van der Waals surface area contributed by atoms with Crippen molar-refractivity contribution in [2.45, 2.75) is 32.1 Å². The third kappa shape index (κ3) is 4.56. The number of rotatable bonds is 6. The lowest BCUT2D eigenvalue weighted by atomic mass is 9.93. The summed E-state index contributed by atoms with van der Waals surface area (Å²) in [7, 11) is 0. The van der Waals surface area contributed by atoms with Gasteiger partial charge in [-0.1, -0.05) is 18.2 Å². The smallest absolute Gasteiger partial charge is 0.253 e. The molecule has 1 amide bonds. The maximum absolute atomic E-state index is 13.3. The lowest BCUT2D eigenvalue weighted by Gasteiger charge is -2.30. The van der Waals surface area contributed by atoms with Crippen molar-refractivity contribution >= 4 is 16.8 Å². The van der Waals surface area contributed by atoms with Crippen LogP contribution in [0.3, 0.4) is 0 Å². The van der Waals surface area contributed by atoms with E-state index in [-0.39, 0.29) is 5.91 Å². The van der Waals surface area contributed by atoms with Crippen LogP contribution in [0.4, 0.5) is 0 Å². The second-order valence-corrected chi connectivity index (χ2v) is 7.86. The van der Waals surface area contributed by atoms with Crippen LogP contribution in [-0.4, -0.2) is 53.4 Å². The van der Waals surface area contributed by atoms with E-state index >= 15 is 0 Å². The van der Waals surface area contributed by atoms with Gasteiger partial charge in [-0.15, -0.1) is 0 Å². The van der Waals surface area contributed by atoms with Crippen LogP contribution in [0.15, 0.2) is 48.7 Å². The number of allylic oxidation sites excluding steroid dienone is 2. The van der Waals surface area contributed by atoms with Crippen molar-refractivity contribution in [2.24, 2.45) is 5.92 Å². The minimum atomic E-state index is 0.162. The van der Waals surface area contributed by atoms with Gasteiger partial charge in [-0.05, 0) is 75.4 Å². The number of likely N-dealkylation sites (tertiary alicyclic amines) is 1. The highest BCUT2D eigenvalue weighted by Crippen LogP contribution is 2.21. The van der Waals surface area contributed by atoms with E-state index in [1.165, 1.54) is 32.4 Å². The van der Waals surface area contributed by atoms with Gasteiger partial charge in [-0.3, -0.25) is 9.78 Å². The van der Waals surface area contributed by atoms with Crippen LogP contribution in [0.1, 0.15) is 42.5 Å². The van der Waals surface area contributed by atoms with Crippen LogP contribution in [0.5, 0.6) is 0 Å². The predicted molar refractivity (Wildman–Crippen MR) is 110 cm³/mol. The number of hydrogen-bond acceptors (Lipinski definition) is 3. The van der Waals surface area contributed by atoms with Gasteiger partial charge in [-0.25, -0.2) is 0 Å². The van der Waals surface area contributed by atoms with Crippen LogP contribution in [0, 0.1) is 5.92 Å². The van der Waals surface area contributed by atoms with Crippen LogP contribution in [0.25, 0.3) is 10.9 Å². The summed E-state index contributed by atoms with van der Waals surface area (Å²) in [4.78, 5) is 22.3. The number of carbonyl (C=O) groups excluding carboxylic acids is 1. The fourth-order valence-corrected chi connectivity index (χ4v) is 4.27. The monoisotopic (exact) mass is 363 g/mol. The number of hydrogen-bond donors (Lipinski definition) is 0. The number of nitrogens with zero attached hydrogens (tertiary/aromatic N) is 3. The van der Waals surface area contributed by atoms with E-state index < -0.39 is 0 Å². The van der Waals surface area contributed by atoms with Crippen molar-refractivity contribution in [2.75, 3.05) is 32.7 Å². The summed E-state index contributed by atoms with van der Waals surface area (Å²) in [6.45, 7) is 5.03. The molecule has 2 aromatic rings. The van der Waals surface area contributed by atoms with E-state index in [9.17, 15) is 4.79 Å². The second-order valence-electron chi connectivity index (χ2n) is 7.86. The molecular formula is C23H29N3O. The van der Waals surface area contributed by atoms with Crippen molar-refractivity contribution in [1.82, 2.24) is 14.8 Å². The second kappa shape index (κ2) is 8.66. The standard InChI is InChI=1S/C23H29N3O/c27-23(21-10-11-22-20(17-21)9-6-12-24-22)26(16-15-25-13-4-5-14-25)18-19-7-2-1-3-8-19/h1-2,6,9-12,17,19H,3-5,7-8,13-16,18H2. The van der Waals surface area contributed by atoms with E-state index in [0.717, 1.165) is 48.9 Å². The Hall–Kier alpha value is -2.20. The topological polar surface area (TPSA) is 36.4 Å². The van der Waals surface area contributed by atoms with Gasteiger partial charge in [0.1, 0.15) is 0 Å². The number of aromatic nitrogens is 1. The van der Waals surface area contributed by atoms with Crippen LogP contribution >= 0.6 is 0 Å². The minimum absolute atomic E-state index is 0.162. The highest BCUT2D eigenvalue weighted by molar-refractivity contribution is 5.97. The highest BCUT2D eigenvalue weighted by atomic mass is 16.2. The quantitative estimate of drug-likeness (QED) is 0.724. The molecule has 0 radical (unpaired) electrons. The third-order valence-electron chi connectivity index (χ3n) is 5.88. The number of pyridine rings is 1. The Morgan fingerprint density at radius 3 is 2.89 bits per heavy atom. The van der Waals surface area contributed by atoms with Gasteiger partial charge in [0.15, 0.2) is 0 Å². The molecule has 4 nitrogen and oxygen atoms in total. The molecule has 1 aromatic heterocycles. The maximum Gasteiger partial charge on any atom is 0.253 e. The van der Waals surface area contributed by atoms with Crippen molar-refractivity contribution < 1.29 is 4.79 Å². The predicted octanol–water partition coefficient (Wildman–Crippen LogP) is 4.13. The summed E-state index contributed by atoms with van der Waals surface area (Å²) in [6.07, 6.45) is 12.3. The Kier molecular flexibility index (Phi) is 5.83. The average molecular weight is 364 g/mol. The summed E-state index contributed by atoms with van der Waals surface area (Å²) >= 11 is 0. The molecule has 1 aromatic carbocycles. The first kappa shape index (κ1) is 18.2. The third-order valence-corrected chi connectivity index (χ3v) is 5.88. The molecule has 1 saturated heterocycles. The molecule has 27 heavy (non-hydrogen) atoms. The lowest BCUT2D eigenvalue weighted by Crippen LogP contribution is -2.40. The molecule has 1 aliphatic carbocycles. The van der Waals surface area contributed by atoms with Crippen molar-refractivity contribution in [3.8, 4) is 0 Å². The van der Waals surface area contributed by atoms with E-state index in [1.54, 1.807) is 6.20 Å². The molecule has 0 N–H and O–H groups in total.